The Kier molecular flexibility index (Phi) is 5.01. The highest BCUT2D eigenvalue weighted by Gasteiger charge is 2.26. The first-order valence-electron chi connectivity index (χ1n) is 5.57. The maximum absolute atomic E-state index is 13.2. The first-order valence-corrected chi connectivity index (χ1v) is 5.57. The minimum Gasteiger partial charge on any atom is -0.491 e. The van der Waals surface area contributed by atoms with Crippen molar-refractivity contribution in [1.29, 1.82) is 0 Å². The number of nitrogens with zero attached hydrogens (tertiary/aromatic N) is 1. The van der Waals surface area contributed by atoms with E-state index in [1.54, 1.807) is 0 Å². The van der Waals surface area contributed by atoms with E-state index in [0.717, 1.165) is 18.7 Å². The fourth-order valence-corrected chi connectivity index (χ4v) is 1.40. The highest BCUT2D eigenvalue weighted by Crippen LogP contribution is 2.18. The summed E-state index contributed by atoms with van der Waals surface area (Å²) in [7, 11) is 3.74. The van der Waals surface area contributed by atoms with Crippen LogP contribution >= 0.6 is 0 Å². The molecule has 0 saturated heterocycles. The van der Waals surface area contributed by atoms with Crippen LogP contribution < -0.4 is 10.2 Å². The van der Waals surface area contributed by atoms with Crippen molar-refractivity contribution in [1.82, 2.24) is 4.90 Å². The average Bonchev–Trinajstić information content (AvgIpc) is 2.24. The number of hydrogen-bond donors (Lipinski definition) is 0. The topological polar surface area (TPSA) is 12.5 Å². The molecule has 1 aromatic rings. The molecule has 0 fully saturated rings. The normalized spacial score (nSPS) is 11.9. The van der Waals surface area contributed by atoms with Gasteiger partial charge in [0.2, 0.25) is 0 Å². The Bertz CT molecular complexity index is 395. The zero-order valence-corrected chi connectivity index (χ0v) is 10.3. The van der Waals surface area contributed by atoms with Crippen LogP contribution in [-0.2, 0) is 0 Å². The molecule has 0 spiro atoms. The van der Waals surface area contributed by atoms with Crippen LogP contribution in [0, 0.1) is 5.82 Å². The van der Waals surface area contributed by atoms with Crippen molar-refractivity contribution in [3.05, 3.63) is 24.0 Å². The van der Waals surface area contributed by atoms with E-state index in [-0.39, 0.29) is 12.4 Å². The van der Waals surface area contributed by atoms with Gasteiger partial charge in [0.1, 0.15) is 0 Å². The van der Waals surface area contributed by atoms with Crippen molar-refractivity contribution in [2.24, 2.45) is 0 Å². The maximum Gasteiger partial charge on any atom is 0.509 e. The lowest BCUT2D eigenvalue weighted by Gasteiger charge is -2.17. The molecule has 1 aromatic carbocycles. The van der Waals surface area contributed by atoms with E-state index in [0.29, 0.717) is 12.5 Å². The van der Waals surface area contributed by atoms with Crippen molar-refractivity contribution in [2.45, 2.75) is 6.42 Å². The molecular weight excluding hydrogens is 249 g/mol. The van der Waals surface area contributed by atoms with Crippen LogP contribution in [-0.4, -0.2) is 39.1 Å². The van der Waals surface area contributed by atoms with Gasteiger partial charge in [-0.15, -0.1) is 5.46 Å². The van der Waals surface area contributed by atoms with Gasteiger partial charge in [-0.05, 0) is 32.6 Å². The predicted molar refractivity (Wildman–Crippen MR) is 63.8 cm³/mol. The van der Waals surface area contributed by atoms with Gasteiger partial charge < -0.3 is 22.6 Å². The monoisotopic (exact) mass is 264 g/mol. The van der Waals surface area contributed by atoms with Gasteiger partial charge in [0.15, 0.2) is 11.6 Å². The molecular formula is C11H15BF4NO-. The summed E-state index contributed by atoms with van der Waals surface area (Å²) >= 11 is 0. The molecule has 102 valence electrons. The van der Waals surface area contributed by atoms with Crippen molar-refractivity contribution in [3.63, 3.8) is 0 Å². The Balaban J connectivity index is 2.64. The van der Waals surface area contributed by atoms with Gasteiger partial charge in [0.05, 0.1) is 6.61 Å². The van der Waals surface area contributed by atoms with Crippen molar-refractivity contribution >= 4 is 12.4 Å². The van der Waals surface area contributed by atoms with Crippen LogP contribution in [0.5, 0.6) is 5.75 Å². The van der Waals surface area contributed by atoms with Gasteiger partial charge in [-0.1, -0.05) is 6.07 Å². The van der Waals surface area contributed by atoms with Gasteiger partial charge in [-0.25, -0.2) is 4.39 Å². The lowest BCUT2D eigenvalue weighted by atomic mass is 9.80. The lowest BCUT2D eigenvalue weighted by molar-refractivity contribution is 0.271. The summed E-state index contributed by atoms with van der Waals surface area (Å²) < 4.78 is 55.7. The van der Waals surface area contributed by atoms with Gasteiger partial charge >= 0.3 is 6.98 Å². The number of benzene rings is 1. The molecule has 0 heterocycles. The van der Waals surface area contributed by atoms with Crippen LogP contribution in [0.1, 0.15) is 6.42 Å². The number of hydrogen-bond acceptors (Lipinski definition) is 2. The Morgan fingerprint density at radius 3 is 2.44 bits per heavy atom. The van der Waals surface area contributed by atoms with E-state index < -0.39 is 18.3 Å². The van der Waals surface area contributed by atoms with Crippen LogP contribution in [0.2, 0.25) is 0 Å². The van der Waals surface area contributed by atoms with Gasteiger partial charge in [-0.2, -0.15) is 0 Å². The maximum atomic E-state index is 13.2. The van der Waals surface area contributed by atoms with Crippen molar-refractivity contribution in [3.8, 4) is 5.75 Å². The Labute approximate surface area is 104 Å². The third kappa shape index (κ3) is 4.56. The highest BCUT2D eigenvalue weighted by molar-refractivity contribution is 6.73. The summed E-state index contributed by atoms with van der Waals surface area (Å²) in [5.74, 6) is -1.12. The molecule has 0 bridgehead atoms. The average molecular weight is 264 g/mol. The molecule has 2 nitrogen and oxygen atoms in total. The standard InChI is InChI=1S/C11H15BF4NO/c1-17(2)6-3-7-18-11-8-9(12(14,15)16)4-5-10(11)13/h4-5,8H,3,6-7H2,1-2H3/q-1. The molecule has 0 unspecified atom stereocenters. The zero-order chi connectivity index (χ0) is 13.8. The molecule has 18 heavy (non-hydrogen) atoms. The Morgan fingerprint density at radius 2 is 1.89 bits per heavy atom. The molecule has 0 atom stereocenters. The molecule has 0 aromatic heterocycles. The molecule has 0 aliphatic rings. The molecule has 0 aliphatic heterocycles. The number of halogens is 4. The fourth-order valence-electron chi connectivity index (χ4n) is 1.40. The minimum atomic E-state index is -5.13. The molecule has 0 radical (unpaired) electrons. The Hall–Kier alpha value is -1.24. The van der Waals surface area contributed by atoms with E-state index in [1.807, 2.05) is 19.0 Å². The van der Waals surface area contributed by atoms with E-state index in [9.17, 15) is 17.3 Å². The van der Waals surface area contributed by atoms with Crippen molar-refractivity contribution < 1.29 is 22.1 Å². The summed E-state index contributed by atoms with van der Waals surface area (Å²) in [5.41, 5.74) is -0.848. The largest absolute Gasteiger partial charge is 0.509 e. The van der Waals surface area contributed by atoms with Crippen LogP contribution in [0.3, 0.4) is 0 Å². The van der Waals surface area contributed by atoms with E-state index in [2.05, 4.69) is 0 Å². The highest BCUT2D eigenvalue weighted by atomic mass is 19.4. The molecule has 0 amide bonds. The summed E-state index contributed by atoms with van der Waals surface area (Å²) in [6, 6.07) is 2.22. The quantitative estimate of drug-likeness (QED) is 0.443. The molecule has 7 heteroatoms. The van der Waals surface area contributed by atoms with Gasteiger partial charge in [-0.3, -0.25) is 0 Å². The number of ether oxygens (including phenoxy) is 1. The SMILES string of the molecule is CN(C)CCCOc1cc([B-](F)(F)F)ccc1F. The van der Waals surface area contributed by atoms with Crippen LogP contribution in [0.15, 0.2) is 18.2 Å². The second kappa shape index (κ2) is 6.09. The van der Waals surface area contributed by atoms with E-state index in [1.165, 1.54) is 0 Å². The van der Waals surface area contributed by atoms with Crippen LogP contribution in [0.4, 0.5) is 17.3 Å². The summed E-state index contributed by atoms with van der Waals surface area (Å²) in [6.45, 7) is -4.22. The molecule has 0 aliphatic carbocycles. The third-order valence-electron chi connectivity index (χ3n) is 2.34. The smallest absolute Gasteiger partial charge is 0.491 e. The third-order valence-corrected chi connectivity index (χ3v) is 2.34. The Morgan fingerprint density at radius 1 is 1.22 bits per heavy atom. The van der Waals surface area contributed by atoms with E-state index in [4.69, 9.17) is 4.74 Å². The second-order valence-electron chi connectivity index (χ2n) is 4.27. The van der Waals surface area contributed by atoms with Crippen molar-refractivity contribution in [2.75, 3.05) is 27.2 Å². The fraction of sp³-hybridized carbons (Fsp3) is 0.455. The van der Waals surface area contributed by atoms with Gasteiger partial charge in [0, 0.05) is 6.54 Å². The summed E-state index contributed by atoms with van der Waals surface area (Å²) in [6.07, 6.45) is 0.619. The van der Waals surface area contributed by atoms with Crippen LogP contribution in [0.25, 0.3) is 0 Å². The number of rotatable bonds is 6. The predicted octanol–water partition coefficient (Wildman–Crippen LogP) is 2.21. The second-order valence-corrected chi connectivity index (χ2v) is 4.27. The van der Waals surface area contributed by atoms with E-state index >= 15 is 0 Å². The zero-order valence-electron chi connectivity index (χ0n) is 10.3. The molecule has 0 N–H and O–H groups in total. The first-order chi connectivity index (χ1) is 8.30. The molecule has 0 saturated carbocycles. The van der Waals surface area contributed by atoms with Gasteiger partial charge in [0.25, 0.3) is 0 Å². The minimum absolute atomic E-state index is 0.184. The first kappa shape index (κ1) is 14.8. The molecule has 1 rings (SSSR count). The summed E-state index contributed by atoms with van der Waals surface area (Å²) in [5, 5.41) is 0. The lowest BCUT2D eigenvalue weighted by Crippen LogP contribution is -2.34. The summed E-state index contributed by atoms with van der Waals surface area (Å²) in [4.78, 5) is 1.91.